The first-order valence-electron chi connectivity index (χ1n) is 11.2. The smallest absolute Gasteiger partial charge is 0.272 e. The summed E-state index contributed by atoms with van der Waals surface area (Å²) in [7, 11) is -1.97. The molecule has 4 rings (SSSR count). The summed E-state index contributed by atoms with van der Waals surface area (Å²) in [5.41, 5.74) is 6.19. The Bertz CT molecular complexity index is 1120. The predicted molar refractivity (Wildman–Crippen MR) is 124 cm³/mol. The van der Waals surface area contributed by atoms with Gasteiger partial charge in [-0.15, -0.1) is 0 Å². The third kappa shape index (κ3) is 5.03. The fourth-order valence-corrected chi connectivity index (χ4v) is 6.00. The van der Waals surface area contributed by atoms with Gasteiger partial charge in [-0.2, -0.15) is 4.31 Å². The second-order valence-corrected chi connectivity index (χ2v) is 10.6. The van der Waals surface area contributed by atoms with E-state index in [0.717, 1.165) is 38.6 Å². The van der Waals surface area contributed by atoms with E-state index < -0.39 is 15.9 Å². The number of pyridine rings is 1. The fourth-order valence-electron chi connectivity index (χ4n) is 4.41. The maximum absolute atomic E-state index is 12.9. The number of primary amides is 1. The van der Waals surface area contributed by atoms with Crippen LogP contribution in [0.4, 0.5) is 11.5 Å². The molecule has 0 aliphatic carbocycles. The van der Waals surface area contributed by atoms with Crippen LogP contribution in [0.1, 0.15) is 42.6 Å². The molecule has 33 heavy (non-hydrogen) atoms. The minimum absolute atomic E-state index is 0.125. The Balaban J connectivity index is 1.44. The summed E-state index contributed by atoms with van der Waals surface area (Å²) < 4.78 is 28.9. The molecule has 4 heterocycles. The molecule has 0 aromatic carbocycles. The molecule has 0 saturated carbocycles. The lowest BCUT2D eigenvalue weighted by Crippen LogP contribution is -2.41. The number of hydrogen-bond acceptors (Lipinski definition) is 6. The topological polar surface area (TPSA) is 131 Å². The number of hydrogen-bond donors (Lipinski definition) is 2. The molecule has 0 bridgehead atoms. The van der Waals surface area contributed by atoms with E-state index in [2.05, 4.69) is 10.3 Å². The van der Waals surface area contributed by atoms with Crippen LogP contribution in [0, 0.1) is 5.92 Å². The van der Waals surface area contributed by atoms with Crippen LogP contribution in [-0.2, 0) is 21.9 Å². The lowest BCUT2D eigenvalue weighted by molar-refractivity contribution is -0.122. The maximum Gasteiger partial charge on any atom is 0.272 e. The van der Waals surface area contributed by atoms with Crippen LogP contribution < -0.4 is 16.0 Å². The number of nitrogens with zero attached hydrogens (tertiary/aromatic N) is 4. The van der Waals surface area contributed by atoms with Crippen molar-refractivity contribution in [2.75, 3.05) is 36.4 Å². The predicted octanol–water partition coefficient (Wildman–Crippen LogP) is 1.55. The van der Waals surface area contributed by atoms with Gasteiger partial charge < -0.3 is 20.5 Å². The first-order chi connectivity index (χ1) is 15.8. The molecule has 2 aromatic rings. The molecule has 11 heteroatoms. The van der Waals surface area contributed by atoms with Crippen molar-refractivity contribution in [3.8, 4) is 0 Å². The van der Waals surface area contributed by atoms with Crippen LogP contribution in [0.2, 0.25) is 0 Å². The van der Waals surface area contributed by atoms with E-state index in [1.165, 1.54) is 21.1 Å². The minimum Gasteiger partial charge on any atom is -0.369 e. The number of amides is 2. The Morgan fingerprint density at radius 1 is 1.12 bits per heavy atom. The highest BCUT2D eigenvalue weighted by molar-refractivity contribution is 7.89. The number of nitrogens with one attached hydrogen (secondary N) is 1. The minimum atomic E-state index is -3.62. The molecule has 2 aliphatic rings. The summed E-state index contributed by atoms with van der Waals surface area (Å²) in [4.78, 5) is 30.9. The van der Waals surface area contributed by atoms with E-state index >= 15 is 0 Å². The van der Waals surface area contributed by atoms with Crippen LogP contribution in [0.25, 0.3) is 0 Å². The van der Waals surface area contributed by atoms with Crippen LogP contribution in [0.5, 0.6) is 0 Å². The molecule has 2 fully saturated rings. The van der Waals surface area contributed by atoms with Crippen molar-refractivity contribution in [2.24, 2.45) is 18.7 Å². The second kappa shape index (κ2) is 9.52. The standard InChI is InChI=1S/C22H30N6O4S/c1-26-15-18(33(31,32)28-10-3-2-4-11-28)12-19(26)22(30)25-17-7-8-20(24-13-17)27-9-5-6-16(14-27)21(23)29/h7-8,12-13,15-16H,2-6,9-11,14H2,1H3,(H2,23,29)(H,25,30). The van der Waals surface area contributed by atoms with Gasteiger partial charge in [0.1, 0.15) is 16.4 Å². The summed E-state index contributed by atoms with van der Waals surface area (Å²) in [6.07, 6.45) is 7.41. The van der Waals surface area contributed by atoms with Gasteiger partial charge in [0.25, 0.3) is 5.91 Å². The van der Waals surface area contributed by atoms with Crippen molar-refractivity contribution >= 4 is 33.3 Å². The van der Waals surface area contributed by atoms with Gasteiger partial charge in [0, 0.05) is 39.4 Å². The number of anilines is 2. The van der Waals surface area contributed by atoms with Crippen molar-refractivity contribution in [2.45, 2.75) is 37.0 Å². The molecule has 1 unspecified atom stereocenters. The quantitative estimate of drug-likeness (QED) is 0.653. The molecule has 2 amide bonds. The largest absolute Gasteiger partial charge is 0.369 e. The molecule has 0 spiro atoms. The van der Waals surface area contributed by atoms with Crippen molar-refractivity contribution < 1.29 is 18.0 Å². The van der Waals surface area contributed by atoms with Gasteiger partial charge in [0.2, 0.25) is 15.9 Å². The summed E-state index contributed by atoms with van der Waals surface area (Å²) in [6, 6.07) is 4.94. The van der Waals surface area contributed by atoms with Gasteiger partial charge in [0.05, 0.1) is 17.8 Å². The van der Waals surface area contributed by atoms with E-state index in [0.29, 0.717) is 31.1 Å². The van der Waals surface area contributed by atoms with Crippen LogP contribution in [-0.4, -0.2) is 60.3 Å². The van der Waals surface area contributed by atoms with Gasteiger partial charge in [-0.05, 0) is 43.9 Å². The average molecular weight is 475 g/mol. The molecule has 2 saturated heterocycles. The van der Waals surface area contributed by atoms with Crippen molar-refractivity contribution in [3.63, 3.8) is 0 Å². The van der Waals surface area contributed by atoms with Crippen LogP contribution in [0.3, 0.4) is 0 Å². The number of carbonyl (C=O) groups is 2. The van der Waals surface area contributed by atoms with Crippen molar-refractivity contribution in [1.29, 1.82) is 0 Å². The highest BCUT2D eigenvalue weighted by Crippen LogP contribution is 2.24. The number of rotatable bonds is 6. The van der Waals surface area contributed by atoms with Crippen LogP contribution in [0.15, 0.2) is 35.5 Å². The highest BCUT2D eigenvalue weighted by Gasteiger charge is 2.29. The third-order valence-corrected chi connectivity index (χ3v) is 8.18. The number of aromatic nitrogens is 2. The normalized spacial score (nSPS) is 19.9. The number of carbonyl (C=O) groups excluding carboxylic acids is 2. The average Bonchev–Trinajstić information content (AvgIpc) is 3.23. The van der Waals surface area contributed by atoms with E-state index in [1.807, 2.05) is 4.90 Å². The molecular weight excluding hydrogens is 444 g/mol. The Morgan fingerprint density at radius 3 is 2.55 bits per heavy atom. The summed E-state index contributed by atoms with van der Waals surface area (Å²) >= 11 is 0. The molecule has 0 radical (unpaired) electrons. The Labute approximate surface area is 193 Å². The monoisotopic (exact) mass is 474 g/mol. The first kappa shape index (κ1) is 23.2. The van der Waals surface area contributed by atoms with E-state index in [4.69, 9.17) is 5.73 Å². The van der Waals surface area contributed by atoms with Crippen LogP contribution >= 0.6 is 0 Å². The van der Waals surface area contributed by atoms with E-state index in [1.54, 1.807) is 25.4 Å². The van der Waals surface area contributed by atoms with Crippen molar-refractivity contribution in [3.05, 3.63) is 36.3 Å². The van der Waals surface area contributed by atoms with E-state index in [9.17, 15) is 18.0 Å². The molecule has 3 N–H and O–H groups in total. The molecular formula is C22H30N6O4S. The lowest BCUT2D eigenvalue weighted by Gasteiger charge is -2.32. The number of nitrogens with two attached hydrogens (primary N) is 1. The van der Waals surface area contributed by atoms with Gasteiger partial charge in [-0.3, -0.25) is 9.59 Å². The highest BCUT2D eigenvalue weighted by atomic mass is 32.2. The Morgan fingerprint density at radius 2 is 1.88 bits per heavy atom. The van der Waals surface area contributed by atoms with Gasteiger partial charge in [-0.1, -0.05) is 6.42 Å². The van der Waals surface area contributed by atoms with Crippen molar-refractivity contribution in [1.82, 2.24) is 13.9 Å². The molecule has 2 aliphatic heterocycles. The number of sulfonamides is 1. The lowest BCUT2D eigenvalue weighted by atomic mass is 9.97. The van der Waals surface area contributed by atoms with E-state index in [-0.39, 0.29) is 22.4 Å². The molecule has 1 atom stereocenters. The zero-order valence-electron chi connectivity index (χ0n) is 18.7. The molecule has 2 aromatic heterocycles. The number of aryl methyl sites for hydroxylation is 1. The molecule has 10 nitrogen and oxygen atoms in total. The summed E-state index contributed by atoms with van der Waals surface area (Å²) in [6.45, 7) is 2.34. The zero-order valence-corrected chi connectivity index (χ0v) is 19.6. The maximum atomic E-state index is 12.9. The van der Waals surface area contributed by atoms with Gasteiger partial charge >= 0.3 is 0 Å². The summed E-state index contributed by atoms with van der Waals surface area (Å²) in [5.74, 6) is -0.188. The number of piperidine rings is 2. The second-order valence-electron chi connectivity index (χ2n) is 8.68. The SMILES string of the molecule is Cn1cc(S(=O)(=O)N2CCCCC2)cc1C(=O)Nc1ccc(N2CCCC(C(N)=O)C2)nc1. The summed E-state index contributed by atoms with van der Waals surface area (Å²) in [5, 5.41) is 2.78. The Hall–Kier alpha value is -2.92. The zero-order chi connectivity index (χ0) is 23.6. The van der Waals surface area contributed by atoms with Gasteiger partial charge in [-0.25, -0.2) is 13.4 Å². The fraction of sp³-hybridized carbons (Fsp3) is 0.500. The third-order valence-electron chi connectivity index (χ3n) is 6.32. The first-order valence-corrected chi connectivity index (χ1v) is 12.7. The Kier molecular flexibility index (Phi) is 6.71. The molecule has 178 valence electrons. The van der Waals surface area contributed by atoms with Gasteiger partial charge in [0.15, 0.2) is 0 Å².